The highest BCUT2D eigenvalue weighted by Crippen LogP contribution is 2.51. The first kappa shape index (κ1) is 20.2. The predicted molar refractivity (Wildman–Crippen MR) is 109 cm³/mol. The number of hydrogen-bond donors (Lipinski definition) is 6. The molecule has 32 heavy (non-hydrogen) atoms. The van der Waals surface area contributed by atoms with E-state index in [0.717, 1.165) is 0 Å². The highest BCUT2D eigenvalue weighted by Gasteiger charge is 2.62. The second-order valence-electron chi connectivity index (χ2n) is 8.40. The molecule has 1 unspecified atom stereocenters. The minimum absolute atomic E-state index is 0.0476. The molecule has 10 nitrogen and oxygen atoms in total. The van der Waals surface area contributed by atoms with Gasteiger partial charge in [0.15, 0.2) is 11.4 Å². The van der Waals surface area contributed by atoms with E-state index >= 15 is 0 Å². The summed E-state index contributed by atoms with van der Waals surface area (Å²) in [5.74, 6) is -7.30. The zero-order valence-corrected chi connectivity index (χ0v) is 16.6. The number of phenols is 1. The van der Waals surface area contributed by atoms with Crippen LogP contribution < -0.4 is 11.5 Å². The number of fused-ring (bicyclic) bond motifs is 5. The average Bonchev–Trinajstić information content (AvgIpc) is 2.74. The van der Waals surface area contributed by atoms with Gasteiger partial charge in [-0.05, 0) is 36.5 Å². The van der Waals surface area contributed by atoms with Crippen molar-refractivity contribution < 1.29 is 34.8 Å². The lowest BCUT2D eigenvalue weighted by Crippen LogP contribution is -2.63. The van der Waals surface area contributed by atoms with Gasteiger partial charge in [0.25, 0.3) is 5.91 Å². The van der Waals surface area contributed by atoms with E-state index in [1.54, 1.807) is 18.3 Å². The molecular weight excluding hydrogens is 418 g/mol. The first-order chi connectivity index (χ1) is 15.1. The Morgan fingerprint density at radius 2 is 1.94 bits per heavy atom. The number of amides is 1. The van der Waals surface area contributed by atoms with Crippen molar-refractivity contribution in [2.75, 3.05) is 0 Å². The minimum atomic E-state index is -2.71. The SMILES string of the molecule is NC(=O)C1=C(O)[C@@H](N)C2C[C@@H]3Cc4c(c(O)cc5cccnc45)C(=O)C3=C(O)[C@]2(O)C1=O. The third-order valence-corrected chi connectivity index (χ3v) is 6.82. The zero-order chi connectivity index (χ0) is 23.1. The third kappa shape index (κ3) is 2.30. The number of nitrogens with two attached hydrogens (primary N) is 2. The van der Waals surface area contributed by atoms with Gasteiger partial charge in [-0.25, -0.2) is 0 Å². The monoisotopic (exact) mass is 437 g/mol. The smallest absolute Gasteiger partial charge is 0.255 e. The molecule has 0 spiro atoms. The molecular formula is C22H19N3O7. The number of Topliss-reactive ketones (excluding diaryl/α,β-unsaturated/α-hetero) is 2. The summed E-state index contributed by atoms with van der Waals surface area (Å²) in [4.78, 5) is 42.4. The van der Waals surface area contributed by atoms with Crippen molar-refractivity contribution in [1.82, 2.24) is 4.98 Å². The fraction of sp³-hybridized carbons (Fsp3) is 0.273. The van der Waals surface area contributed by atoms with Crippen molar-refractivity contribution in [2.24, 2.45) is 23.3 Å². The Morgan fingerprint density at radius 1 is 1.22 bits per heavy atom. The number of rotatable bonds is 1. The largest absolute Gasteiger partial charge is 0.510 e. The van der Waals surface area contributed by atoms with E-state index in [0.29, 0.717) is 16.5 Å². The van der Waals surface area contributed by atoms with Crippen LogP contribution >= 0.6 is 0 Å². The van der Waals surface area contributed by atoms with Crippen LogP contribution in [0.1, 0.15) is 22.3 Å². The third-order valence-electron chi connectivity index (χ3n) is 6.82. The molecule has 0 saturated heterocycles. The van der Waals surface area contributed by atoms with E-state index in [1.165, 1.54) is 6.07 Å². The van der Waals surface area contributed by atoms with Crippen LogP contribution in [0.25, 0.3) is 10.9 Å². The number of ketones is 2. The van der Waals surface area contributed by atoms with E-state index in [-0.39, 0.29) is 29.7 Å². The lowest BCUT2D eigenvalue weighted by molar-refractivity contribution is -0.145. The van der Waals surface area contributed by atoms with Crippen LogP contribution in [0.2, 0.25) is 0 Å². The van der Waals surface area contributed by atoms with Gasteiger partial charge in [0.2, 0.25) is 5.78 Å². The molecule has 0 aliphatic heterocycles. The second-order valence-corrected chi connectivity index (χ2v) is 8.40. The summed E-state index contributed by atoms with van der Waals surface area (Å²) in [6, 6.07) is 3.43. The number of nitrogens with zero attached hydrogens (tertiary/aromatic N) is 1. The van der Waals surface area contributed by atoms with Gasteiger partial charge >= 0.3 is 0 Å². The Morgan fingerprint density at radius 3 is 2.62 bits per heavy atom. The molecule has 1 aromatic carbocycles. The fourth-order valence-electron chi connectivity index (χ4n) is 5.34. The normalized spacial score (nSPS) is 29.6. The van der Waals surface area contributed by atoms with Crippen molar-refractivity contribution in [1.29, 1.82) is 0 Å². The van der Waals surface area contributed by atoms with Gasteiger partial charge in [-0.15, -0.1) is 0 Å². The summed E-state index contributed by atoms with van der Waals surface area (Å²) in [6.07, 6.45) is 1.67. The molecule has 10 heteroatoms. The van der Waals surface area contributed by atoms with Crippen molar-refractivity contribution in [3.63, 3.8) is 0 Å². The maximum absolute atomic E-state index is 13.4. The minimum Gasteiger partial charge on any atom is -0.510 e. The number of aromatic nitrogens is 1. The molecule has 4 atom stereocenters. The standard InChI is InChI=1S/C22H19N3O7/c23-15-10-5-8-4-9-13(11(26)6-7-2-1-3-25-16(7)9)17(27)12(8)19(29)22(10,32)20(30)14(18(15)28)21(24)31/h1-3,6,8,10,15,26,28-29,32H,4-5,23H2,(H2,24,31)/t8-,10?,15-,22-/m0/s1. The lowest BCUT2D eigenvalue weighted by Gasteiger charge is -2.47. The van der Waals surface area contributed by atoms with Gasteiger partial charge in [0.1, 0.15) is 22.8 Å². The number of benzene rings is 1. The van der Waals surface area contributed by atoms with Gasteiger partial charge in [0.05, 0.1) is 17.1 Å². The van der Waals surface area contributed by atoms with E-state index in [2.05, 4.69) is 4.98 Å². The van der Waals surface area contributed by atoms with Crippen LogP contribution in [0.3, 0.4) is 0 Å². The summed E-state index contributed by atoms with van der Waals surface area (Å²) in [5, 5.41) is 43.8. The van der Waals surface area contributed by atoms with E-state index in [4.69, 9.17) is 11.5 Å². The number of aliphatic hydroxyl groups excluding tert-OH is 2. The van der Waals surface area contributed by atoms with Crippen LogP contribution in [0, 0.1) is 11.8 Å². The summed E-state index contributed by atoms with van der Waals surface area (Å²) in [6.45, 7) is 0. The van der Waals surface area contributed by atoms with E-state index < -0.39 is 58.0 Å². The molecule has 8 N–H and O–H groups in total. The molecule has 0 fully saturated rings. The number of carbonyl (C=O) groups is 3. The summed E-state index contributed by atoms with van der Waals surface area (Å²) in [7, 11) is 0. The molecule has 0 radical (unpaired) electrons. The average molecular weight is 437 g/mol. The zero-order valence-electron chi connectivity index (χ0n) is 16.6. The van der Waals surface area contributed by atoms with Crippen molar-refractivity contribution in [2.45, 2.75) is 24.5 Å². The predicted octanol–water partition coefficient (Wildman–Crippen LogP) is 0.0659. The Hall–Kier alpha value is -3.76. The Balaban J connectivity index is 1.75. The molecule has 1 amide bonds. The van der Waals surface area contributed by atoms with Crippen molar-refractivity contribution >= 4 is 28.4 Å². The van der Waals surface area contributed by atoms with Crippen LogP contribution in [0.15, 0.2) is 47.1 Å². The van der Waals surface area contributed by atoms with Gasteiger partial charge in [-0.3, -0.25) is 19.4 Å². The molecule has 2 aromatic rings. The molecule has 1 aromatic heterocycles. The van der Waals surface area contributed by atoms with Gasteiger partial charge in [-0.2, -0.15) is 0 Å². The number of aromatic hydroxyl groups is 1. The maximum atomic E-state index is 13.4. The Labute approximate surface area is 180 Å². The highest BCUT2D eigenvalue weighted by atomic mass is 16.3. The first-order valence-electron chi connectivity index (χ1n) is 9.92. The first-order valence-corrected chi connectivity index (χ1v) is 9.92. The number of pyridine rings is 1. The number of hydrogen-bond acceptors (Lipinski definition) is 9. The van der Waals surface area contributed by atoms with Gasteiger partial charge < -0.3 is 31.9 Å². The second kappa shape index (κ2) is 6.38. The van der Waals surface area contributed by atoms with E-state index in [1.807, 2.05) is 0 Å². The quantitative estimate of drug-likeness (QED) is 0.334. The highest BCUT2D eigenvalue weighted by molar-refractivity contribution is 6.25. The van der Waals surface area contributed by atoms with Crippen LogP contribution in [0.4, 0.5) is 0 Å². The maximum Gasteiger partial charge on any atom is 0.255 e. The summed E-state index contributed by atoms with van der Waals surface area (Å²) in [5.41, 5.74) is 8.27. The van der Waals surface area contributed by atoms with Gasteiger partial charge in [-0.1, -0.05) is 6.07 Å². The number of allylic oxidation sites excluding steroid dienone is 1. The molecule has 3 aliphatic carbocycles. The van der Waals surface area contributed by atoms with Crippen LogP contribution in [0.5, 0.6) is 5.75 Å². The topological polar surface area (TPSA) is 197 Å². The van der Waals surface area contributed by atoms with Crippen LogP contribution in [-0.2, 0) is 16.0 Å². The molecule has 3 aliphatic rings. The molecule has 1 heterocycles. The fourth-order valence-corrected chi connectivity index (χ4v) is 5.34. The molecule has 164 valence electrons. The van der Waals surface area contributed by atoms with Gasteiger partial charge in [0, 0.05) is 23.1 Å². The Kier molecular flexibility index (Phi) is 4.02. The summed E-state index contributed by atoms with van der Waals surface area (Å²) < 4.78 is 0. The molecule has 5 rings (SSSR count). The van der Waals surface area contributed by atoms with E-state index in [9.17, 15) is 34.8 Å². The number of primary amides is 1. The number of phenolic OH excluding ortho intramolecular Hbond substituents is 1. The Bertz CT molecular complexity index is 1330. The van der Waals surface area contributed by atoms with Crippen LogP contribution in [-0.4, -0.2) is 54.5 Å². The number of aliphatic hydroxyl groups is 3. The number of carbonyl (C=O) groups excluding carboxylic acids is 3. The lowest BCUT2D eigenvalue weighted by atomic mass is 9.59. The van der Waals surface area contributed by atoms with Crippen molar-refractivity contribution in [3.8, 4) is 5.75 Å². The molecule has 0 bridgehead atoms. The molecule has 0 saturated carbocycles. The summed E-state index contributed by atoms with van der Waals surface area (Å²) >= 11 is 0. The van der Waals surface area contributed by atoms with Crippen molar-refractivity contribution in [3.05, 3.63) is 58.2 Å².